The van der Waals surface area contributed by atoms with Gasteiger partial charge in [0.25, 0.3) is 0 Å². The topological polar surface area (TPSA) is 18.5 Å². The van der Waals surface area contributed by atoms with E-state index in [0.29, 0.717) is 13.2 Å². The largest absolute Gasteiger partial charge is 0.379 e. The number of ether oxygens (including phenoxy) is 2. The Bertz CT molecular complexity index is 234. The van der Waals surface area contributed by atoms with E-state index in [9.17, 15) is 0 Å². The molecular formula is C13H20O2. The van der Waals surface area contributed by atoms with Gasteiger partial charge in [0.2, 0.25) is 0 Å². The van der Waals surface area contributed by atoms with Gasteiger partial charge in [-0.05, 0) is 18.4 Å². The first-order chi connectivity index (χ1) is 7.43. The Balaban J connectivity index is 1.93. The molecule has 0 aliphatic heterocycles. The summed E-state index contributed by atoms with van der Waals surface area (Å²) in [5.74, 6) is 0. The number of rotatable bonds is 8. The van der Waals surface area contributed by atoms with Gasteiger partial charge in [0, 0.05) is 6.61 Å². The van der Waals surface area contributed by atoms with E-state index in [1.165, 1.54) is 5.56 Å². The SMILES string of the molecule is CCCOCCOCCc1ccccc1. The van der Waals surface area contributed by atoms with Gasteiger partial charge in [0.05, 0.1) is 19.8 Å². The molecule has 0 unspecified atom stereocenters. The second kappa shape index (κ2) is 8.45. The van der Waals surface area contributed by atoms with E-state index in [2.05, 4.69) is 31.2 Å². The number of hydrogen-bond donors (Lipinski definition) is 0. The Morgan fingerprint density at radius 2 is 1.53 bits per heavy atom. The maximum absolute atomic E-state index is 5.46. The number of benzene rings is 1. The lowest BCUT2D eigenvalue weighted by atomic mass is 10.2. The summed E-state index contributed by atoms with van der Waals surface area (Å²) < 4.78 is 10.8. The standard InChI is InChI=1S/C13H20O2/c1-2-9-14-11-12-15-10-8-13-6-4-3-5-7-13/h3-7H,2,8-12H2,1H3. The second-order valence-electron chi connectivity index (χ2n) is 3.46. The summed E-state index contributed by atoms with van der Waals surface area (Å²) >= 11 is 0. The second-order valence-corrected chi connectivity index (χ2v) is 3.46. The third-order valence-corrected chi connectivity index (χ3v) is 2.10. The van der Waals surface area contributed by atoms with E-state index >= 15 is 0 Å². The van der Waals surface area contributed by atoms with Gasteiger partial charge in [-0.25, -0.2) is 0 Å². The Kier molecular flexibility index (Phi) is 6.88. The van der Waals surface area contributed by atoms with E-state index < -0.39 is 0 Å². The van der Waals surface area contributed by atoms with Crippen LogP contribution in [0.3, 0.4) is 0 Å². The van der Waals surface area contributed by atoms with Crippen LogP contribution in [0.15, 0.2) is 30.3 Å². The molecule has 84 valence electrons. The van der Waals surface area contributed by atoms with Crippen molar-refractivity contribution in [1.29, 1.82) is 0 Å². The highest BCUT2D eigenvalue weighted by Gasteiger charge is 1.92. The molecule has 0 amide bonds. The fourth-order valence-electron chi connectivity index (χ4n) is 1.30. The first-order valence-electron chi connectivity index (χ1n) is 5.63. The third-order valence-electron chi connectivity index (χ3n) is 2.10. The molecule has 0 bridgehead atoms. The zero-order valence-corrected chi connectivity index (χ0v) is 9.45. The predicted octanol–water partition coefficient (Wildman–Crippen LogP) is 2.67. The first kappa shape index (κ1) is 12.2. The molecule has 2 heteroatoms. The van der Waals surface area contributed by atoms with Crippen molar-refractivity contribution in [3.8, 4) is 0 Å². The molecule has 0 aliphatic carbocycles. The molecule has 0 atom stereocenters. The molecule has 1 rings (SSSR count). The van der Waals surface area contributed by atoms with Crippen molar-refractivity contribution in [3.63, 3.8) is 0 Å². The van der Waals surface area contributed by atoms with Crippen molar-refractivity contribution in [2.24, 2.45) is 0 Å². The zero-order valence-electron chi connectivity index (χ0n) is 9.45. The molecule has 0 spiro atoms. The molecule has 0 radical (unpaired) electrons. The summed E-state index contributed by atoms with van der Waals surface area (Å²) in [6, 6.07) is 10.4. The van der Waals surface area contributed by atoms with E-state index in [4.69, 9.17) is 9.47 Å². The van der Waals surface area contributed by atoms with Gasteiger partial charge in [-0.1, -0.05) is 37.3 Å². The quantitative estimate of drug-likeness (QED) is 0.611. The average Bonchev–Trinajstić information content (AvgIpc) is 2.29. The molecule has 0 saturated heterocycles. The minimum Gasteiger partial charge on any atom is -0.379 e. The van der Waals surface area contributed by atoms with Crippen molar-refractivity contribution in [2.45, 2.75) is 19.8 Å². The Morgan fingerprint density at radius 3 is 2.20 bits per heavy atom. The Labute approximate surface area is 92.2 Å². The molecule has 0 saturated carbocycles. The lowest BCUT2D eigenvalue weighted by Crippen LogP contribution is -2.07. The van der Waals surface area contributed by atoms with Gasteiger partial charge < -0.3 is 9.47 Å². The van der Waals surface area contributed by atoms with Gasteiger partial charge in [-0.15, -0.1) is 0 Å². The molecule has 0 fully saturated rings. The first-order valence-corrected chi connectivity index (χ1v) is 5.63. The fourth-order valence-corrected chi connectivity index (χ4v) is 1.30. The summed E-state index contributed by atoms with van der Waals surface area (Å²) in [6.07, 6.45) is 2.05. The van der Waals surface area contributed by atoms with Crippen molar-refractivity contribution in [3.05, 3.63) is 35.9 Å². The minimum atomic E-state index is 0.701. The van der Waals surface area contributed by atoms with Crippen molar-refractivity contribution >= 4 is 0 Å². The van der Waals surface area contributed by atoms with Crippen LogP contribution in [0.5, 0.6) is 0 Å². The molecule has 0 heterocycles. The maximum Gasteiger partial charge on any atom is 0.0700 e. The van der Waals surface area contributed by atoms with E-state index in [0.717, 1.165) is 26.1 Å². The Hall–Kier alpha value is -0.860. The monoisotopic (exact) mass is 208 g/mol. The number of hydrogen-bond acceptors (Lipinski definition) is 2. The molecule has 0 aromatic heterocycles. The predicted molar refractivity (Wildman–Crippen MR) is 62.1 cm³/mol. The molecule has 1 aromatic rings. The van der Waals surface area contributed by atoms with Crippen LogP contribution in [0.25, 0.3) is 0 Å². The highest BCUT2D eigenvalue weighted by atomic mass is 16.5. The van der Waals surface area contributed by atoms with Crippen LogP contribution in [0.4, 0.5) is 0 Å². The van der Waals surface area contributed by atoms with Crippen LogP contribution >= 0.6 is 0 Å². The van der Waals surface area contributed by atoms with Crippen LogP contribution in [0, 0.1) is 0 Å². The molecular weight excluding hydrogens is 188 g/mol. The maximum atomic E-state index is 5.46. The zero-order chi connectivity index (χ0) is 10.8. The highest BCUT2D eigenvalue weighted by Crippen LogP contribution is 1.99. The summed E-state index contributed by atoms with van der Waals surface area (Å²) in [7, 11) is 0. The lowest BCUT2D eigenvalue weighted by Gasteiger charge is -2.04. The highest BCUT2D eigenvalue weighted by molar-refractivity contribution is 5.14. The van der Waals surface area contributed by atoms with Crippen LogP contribution in [0.1, 0.15) is 18.9 Å². The summed E-state index contributed by atoms with van der Waals surface area (Å²) in [4.78, 5) is 0. The van der Waals surface area contributed by atoms with Crippen LogP contribution in [-0.2, 0) is 15.9 Å². The van der Waals surface area contributed by atoms with Crippen molar-refractivity contribution in [1.82, 2.24) is 0 Å². The molecule has 15 heavy (non-hydrogen) atoms. The average molecular weight is 208 g/mol. The van der Waals surface area contributed by atoms with Gasteiger partial charge in [0.1, 0.15) is 0 Å². The van der Waals surface area contributed by atoms with Gasteiger partial charge in [-0.2, -0.15) is 0 Å². The molecule has 0 aliphatic rings. The molecule has 2 nitrogen and oxygen atoms in total. The molecule has 0 N–H and O–H groups in total. The van der Waals surface area contributed by atoms with Gasteiger partial charge in [0.15, 0.2) is 0 Å². The summed E-state index contributed by atoms with van der Waals surface area (Å²) in [6.45, 7) is 5.13. The fraction of sp³-hybridized carbons (Fsp3) is 0.538. The van der Waals surface area contributed by atoms with E-state index in [1.807, 2.05) is 6.07 Å². The van der Waals surface area contributed by atoms with Crippen LogP contribution in [-0.4, -0.2) is 26.4 Å². The van der Waals surface area contributed by atoms with Gasteiger partial charge in [-0.3, -0.25) is 0 Å². The summed E-state index contributed by atoms with van der Waals surface area (Å²) in [5.41, 5.74) is 1.33. The molecule has 1 aromatic carbocycles. The smallest absolute Gasteiger partial charge is 0.0700 e. The van der Waals surface area contributed by atoms with Crippen molar-refractivity contribution < 1.29 is 9.47 Å². The van der Waals surface area contributed by atoms with Crippen LogP contribution in [0.2, 0.25) is 0 Å². The van der Waals surface area contributed by atoms with Crippen molar-refractivity contribution in [2.75, 3.05) is 26.4 Å². The van der Waals surface area contributed by atoms with E-state index in [-0.39, 0.29) is 0 Å². The Morgan fingerprint density at radius 1 is 0.867 bits per heavy atom. The van der Waals surface area contributed by atoms with E-state index in [1.54, 1.807) is 0 Å². The minimum absolute atomic E-state index is 0.701. The summed E-state index contributed by atoms with van der Waals surface area (Å²) in [5, 5.41) is 0. The third kappa shape index (κ3) is 6.26. The normalized spacial score (nSPS) is 10.5. The lowest BCUT2D eigenvalue weighted by molar-refractivity contribution is 0.0492. The van der Waals surface area contributed by atoms with Gasteiger partial charge >= 0.3 is 0 Å². The van der Waals surface area contributed by atoms with Crippen LogP contribution < -0.4 is 0 Å².